The van der Waals surface area contributed by atoms with E-state index in [4.69, 9.17) is 4.98 Å². The molecule has 0 radical (unpaired) electrons. The number of nitrogens with one attached hydrogen (secondary N) is 1. The van der Waals surface area contributed by atoms with E-state index in [1.54, 1.807) is 11.3 Å². The fourth-order valence-corrected chi connectivity index (χ4v) is 3.25. The zero-order valence-electron chi connectivity index (χ0n) is 12.7. The topological polar surface area (TPSA) is 29.9 Å². The van der Waals surface area contributed by atoms with E-state index in [0.717, 1.165) is 25.9 Å². The zero-order chi connectivity index (χ0) is 14.4. The van der Waals surface area contributed by atoms with Crippen LogP contribution in [0.1, 0.15) is 56.1 Å². The van der Waals surface area contributed by atoms with E-state index in [-0.39, 0.29) is 0 Å². The summed E-state index contributed by atoms with van der Waals surface area (Å²) < 4.78 is 2.30. The summed E-state index contributed by atoms with van der Waals surface area (Å²) in [6.45, 7) is 8.56. The summed E-state index contributed by atoms with van der Waals surface area (Å²) in [6.07, 6.45) is 5.58. The number of aromatic nitrogens is 2. The van der Waals surface area contributed by atoms with Crippen molar-refractivity contribution < 1.29 is 0 Å². The van der Waals surface area contributed by atoms with Gasteiger partial charge in [-0.1, -0.05) is 13.8 Å². The molecule has 2 heterocycles. The molecule has 3 nitrogen and oxygen atoms in total. The summed E-state index contributed by atoms with van der Waals surface area (Å²) in [7, 11) is 0. The summed E-state index contributed by atoms with van der Waals surface area (Å²) in [5, 5.41) is 7.00. The first kappa shape index (κ1) is 15.3. The molecule has 4 heteroatoms. The normalized spacial score (nSPS) is 12.8. The minimum absolute atomic E-state index is 0.388. The van der Waals surface area contributed by atoms with Crippen molar-refractivity contribution in [1.29, 1.82) is 0 Å². The third-order valence-corrected chi connectivity index (χ3v) is 4.36. The van der Waals surface area contributed by atoms with E-state index in [2.05, 4.69) is 54.4 Å². The maximum atomic E-state index is 4.71. The second kappa shape index (κ2) is 7.60. The Morgan fingerprint density at radius 3 is 2.95 bits per heavy atom. The summed E-state index contributed by atoms with van der Waals surface area (Å²) in [4.78, 5) is 4.71. The number of aryl methyl sites for hydroxylation is 1. The number of nitrogens with zero attached hydrogens (tertiary/aromatic N) is 2. The third-order valence-electron chi connectivity index (χ3n) is 3.40. The molecule has 0 aliphatic carbocycles. The van der Waals surface area contributed by atoms with Crippen molar-refractivity contribution in [2.24, 2.45) is 0 Å². The molecule has 0 spiro atoms. The van der Waals surface area contributed by atoms with E-state index in [1.807, 2.05) is 0 Å². The standard InChI is InChI=1S/C16H25N3S/c1-4-7-16-18-14(12-20-16)11-19-10-6-8-15(19)13(3)17-9-5-2/h6,8,10,12-13,17H,4-5,7,9,11H2,1-3H3. The van der Waals surface area contributed by atoms with Crippen LogP contribution in [-0.4, -0.2) is 16.1 Å². The lowest BCUT2D eigenvalue weighted by Gasteiger charge is -2.16. The molecule has 0 fully saturated rings. The largest absolute Gasteiger partial charge is 0.344 e. The SMILES string of the molecule is CCCNC(C)c1cccn1Cc1csc(CCC)n1. The van der Waals surface area contributed by atoms with Crippen LogP contribution in [0.5, 0.6) is 0 Å². The Labute approximate surface area is 126 Å². The maximum Gasteiger partial charge on any atom is 0.0928 e. The quantitative estimate of drug-likeness (QED) is 0.796. The average molecular weight is 291 g/mol. The Morgan fingerprint density at radius 1 is 1.35 bits per heavy atom. The summed E-state index contributed by atoms with van der Waals surface area (Å²) >= 11 is 1.78. The Balaban J connectivity index is 2.03. The first-order chi connectivity index (χ1) is 9.74. The van der Waals surface area contributed by atoms with Gasteiger partial charge in [0, 0.05) is 23.3 Å². The predicted octanol–water partition coefficient (Wildman–Crippen LogP) is 4.01. The van der Waals surface area contributed by atoms with Crippen molar-refractivity contribution in [2.75, 3.05) is 6.54 Å². The van der Waals surface area contributed by atoms with E-state index in [0.29, 0.717) is 6.04 Å². The van der Waals surface area contributed by atoms with Crippen molar-refractivity contribution in [2.45, 2.75) is 52.6 Å². The Bertz CT molecular complexity index is 515. The van der Waals surface area contributed by atoms with Crippen LogP contribution in [-0.2, 0) is 13.0 Å². The predicted molar refractivity (Wildman–Crippen MR) is 86.4 cm³/mol. The van der Waals surface area contributed by atoms with Gasteiger partial charge in [-0.15, -0.1) is 11.3 Å². The smallest absolute Gasteiger partial charge is 0.0928 e. The van der Waals surface area contributed by atoms with Crippen molar-refractivity contribution in [3.63, 3.8) is 0 Å². The minimum Gasteiger partial charge on any atom is -0.344 e. The highest BCUT2D eigenvalue weighted by Gasteiger charge is 2.10. The average Bonchev–Trinajstić information content (AvgIpc) is 3.07. The lowest BCUT2D eigenvalue weighted by atomic mass is 10.2. The van der Waals surface area contributed by atoms with Crippen LogP contribution >= 0.6 is 11.3 Å². The van der Waals surface area contributed by atoms with Crippen molar-refractivity contribution in [1.82, 2.24) is 14.9 Å². The molecule has 1 N–H and O–H groups in total. The highest BCUT2D eigenvalue weighted by atomic mass is 32.1. The maximum absolute atomic E-state index is 4.71. The van der Waals surface area contributed by atoms with Crippen molar-refractivity contribution in [3.8, 4) is 0 Å². The molecule has 0 saturated heterocycles. The van der Waals surface area contributed by atoms with Crippen LogP contribution in [0.25, 0.3) is 0 Å². The molecule has 1 unspecified atom stereocenters. The molecule has 0 aliphatic rings. The molecule has 0 saturated carbocycles. The molecule has 2 aromatic heterocycles. The van der Waals surface area contributed by atoms with Gasteiger partial charge in [0.25, 0.3) is 0 Å². The second-order valence-electron chi connectivity index (χ2n) is 5.22. The molecule has 0 amide bonds. The lowest BCUT2D eigenvalue weighted by molar-refractivity contribution is 0.533. The Hall–Kier alpha value is -1.13. The lowest BCUT2D eigenvalue weighted by Crippen LogP contribution is -2.22. The summed E-state index contributed by atoms with van der Waals surface area (Å²) in [5.41, 5.74) is 2.52. The zero-order valence-corrected chi connectivity index (χ0v) is 13.5. The molecule has 2 rings (SSSR count). The molecule has 0 bridgehead atoms. The second-order valence-corrected chi connectivity index (χ2v) is 6.16. The van der Waals surface area contributed by atoms with Gasteiger partial charge in [0.15, 0.2) is 0 Å². The number of hydrogen-bond acceptors (Lipinski definition) is 3. The van der Waals surface area contributed by atoms with Crippen LogP contribution < -0.4 is 5.32 Å². The van der Waals surface area contributed by atoms with Gasteiger partial charge >= 0.3 is 0 Å². The van der Waals surface area contributed by atoms with Gasteiger partial charge in [0.05, 0.1) is 17.2 Å². The van der Waals surface area contributed by atoms with Gasteiger partial charge in [0.2, 0.25) is 0 Å². The first-order valence-electron chi connectivity index (χ1n) is 7.56. The van der Waals surface area contributed by atoms with Gasteiger partial charge in [0.1, 0.15) is 0 Å². The van der Waals surface area contributed by atoms with Gasteiger partial charge in [-0.05, 0) is 44.9 Å². The molecule has 0 aromatic carbocycles. The van der Waals surface area contributed by atoms with Gasteiger partial charge in [-0.3, -0.25) is 0 Å². The van der Waals surface area contributed by atoms with Crippen LogP contribution in [0.3, 0.4) is 0 Å². The fraction of sp³-hybridized carbons (Fsp3) is 0.562. The highest BCUT2D eigenvalue weighted by molar-refractivity contribution is 7.09. The van der Waals surface area contributed by atoms with Crippen LogP contribution in [0.2, 0.25) is 0 Å². The van der Waals surface area contributed by atoms with Gasteiger partial charge in [-0.2, -0.15) is 0 Å². The highest BCUT2D eigenvalue weighted by Crippen LogP contribution is 2.17. The van der Waals surface area contributed by atoms with Crippen LogP contribution in [0.4, 0.5) is 0 Å². The molecular weight excluding hydrogens is 266 g/mol. The van der Waals surface area contributed by atoms with Gasteiger partial charge in [-0.25, -0.2) is 4.98 Å². The Kier molecular flexibility index (Phi) is 5.80. The minimum atomic E-state index is 0.388. The summed E-state index contributed by atoms with van der Waals surface area (Å²) in [6, 6.07) is 4.71. The van der Waals surface area contributed by atoms with E-state index >= 15 is 0 Å². The molecular formula is C16H25N3S. The van der Waals surface area contributed by atoms with E-state index in [1.165, 1.54) is 22.8 Å². The molecule has 2 aromatic rings. The van der Waals surface area contributed by atoms with E-state index < -0.39 is 0 Å². The van der Waals surface area contributed by atoms with E-state index in [9.17, 15) is 0 Å². The van der Waals surface area contributed by atoms with Crippen LogP contribution in [0, 0.1) is 0 Å². The number of hydrogen-bond donors (Lipinski definition) is 1. The van der Waals surface area contributed by atoms with Crippen molar-refractivity contribution in [3.05, 3.63) is 40.1 Å². The van der Waals surface area contributed by atoms with Gasteiger partial charge < -0.3 is 9.88 Å². The fourth-order valence-electron chi connectivity index (χ4n) is 2.35. The molecule has 20 heavy (non-hydrogen) atoms. The number of thiazole rings is 1. The van der Waals surface area contributed by atoms with Crippen molar-refractivity contribution >= 4 is 11.3 Å². The Morgan fingerprint density at radius 2 is 2.20 bits per heavy atom. The summed E-state index contributed by atoms with van der Waals surface area (Å²) in [5.74, 6) is 0. The third kappa shape index (κ3) is 3.93. The monoisotopic (exact) mass is 291 g/mol. The number of rotatable bonds is 8. The van der Waals surface area contributed by atoms with Crippen LogP contribution in [0.15, 0.2) is 23.7 Å². The molecule has 110 valence electrons. The first-order valence-corrected chi connectivity index (χ1v) is 8.44. The molecule has 1 atom stereocenters. The molecule has 0 aliphatic heterocycles.